The molecule has 4 aliphatic rings. The third-order valence-electron chi connectivity index (χ3n) is 6.55. The van der Waals surface area contributed by atoms with Crippen LogP contribution in [0.25, 0.3) is 0 Å². The molecule has 0 saturated heterocycles. The molecular weight excluding hydrogens is 280 g/mol. The first-order chi connectivity index (χ1) is 10.3. The topological polar surface area (TPSA) is 63.6 Å². The number of carboxylic acid groups (broad SMARTS) is 1. The van der Waals surface area contributed by atoms with Crippen LogP contribution < -0.4 is 0 Å². The van der Waals surface area contributed by atoms with Crippen LogP contribution in [-0.4, -0.2) is 22.6 Å². The number of ether oxygens (including phenoxy) is 1. The van der Waals surface area contributed by atoms with Gasteiger partial charge < -0.3 is 9.84 Å². The molecule has 1 N–H and O–H groups in total. The summed E-state index contributed by atoms with van der Waals surface area (Å²) in [7, 11) is 0. The minimum atomic E-state index is -1.29. The van der Waals surface area contributed by atoms with Gasteiger partial charge in [0.05, 0.1) is 0 Å². The third kappa shape index (κ3) is 2.55. The van der Waals surface area contributed by atoms with E-state index in [0.29, 0.717) is 24.7 Å². The third-order valence-corrected chi connectivity index (χ3v) is 6.55. The zero-order valence-electron chi connectivity index (χ0n) is 13.8. The highest BCUT2D eigenvalue weighted by atomic mass is 16.6. The van der Waals surface area contributed by atoms with Crippen LogP contribution >= 0.6 is 0 Å². The van der Waals surface area contributed by atoms with Gasteiger partial charge in [0.25, 0.3) is 0 Å². The van der Waals surface area contributed by atoms with E-state index in [2.05, 4.69) is 0 Å². The van der Waals surface area contributed by atoms with Crippen molar-refractivity contribution in [3.05, 3.63) is 0 Å². The summed E-state index contributed by atoms with van der Waals surface area (Å²) in [6.45, 7) is 3.97. The lowest BCUT2D eigenvalue weighted by atomic mass is 9.60. The van der Waals surface area contributed by atoms with E-state index in [1.54, 1.807) is 0 Å². The number of fused-ring (bicyclic) bond motifs is 3. The summed E-state index contributed by atoms with van der Waals surface area (Å²) >= 11 is 0. The summed E-state index contributed by atoms with van der Waals surface area (Å²) in [5, 5.41) is 9.55. The fourth-order valence-electron chi connectivity index (χ4n) is 5.13. The second-order valence-corrected chi connectivity index (χ2v) is 8.21. The van der Waals surface area contributed by atoms with E-state index in [4.69, 9.17) is 4.74 Å². The Bertz CT molecular complexity index is 454. The van der Waals surface area contributed by atoms with E-state index in [1.165, 1.54) is 25.7 Å². The Kier molecular flexibility index (Phi) is 3.98. The van der Waals surface area contributed by atoms with Gasteiger partial charge in [-0.1, -0.05) is 25.7 Å². The standard InChI is InChI=1S/C18H28O4/c1-17(2,14-11-12-5-7-13(14)8-6-12)22-16(21)18(15(19)20)9-3-4-10-18/h12-14H,3-11H2,1-2H3,(H,19,20). The minimum Gasteiger partial charge on any atom is -0.480 e. The zero-order valence-corrected chi connectivity index (χ0v) is 13.8. The number of aliphatic carboxylic acids is 1. The van der Waals surface area contributed by atoms with Gasteiger partial charge in [-0.15, -0.1) is 0 Å². The molecule has 4 rings (SSSR count). The van der Waals surface area contributed by atoms with Crippen molar-refractivity contribution in [3.8, 4) is 0 Å². The van der Waals surface area contributed by atoms with Gasteiger partial charge >= 0.3 is 11.9 Å². The van der Waals surface area contributed by atoms with E-state index in [9.17, 15) is 14.7 Å². The fraction of sp³-hybridized carbons (Fsp3) is 0.889. The molecule has 4 aliphatic carbocycles. The first-order valence-corrected chi connectivity index (χ1v) is 8.82. The molecule has 0 aromatic heterocycles. The lowest BCUT2D eigenvalue weighted by molar-refractivity contribution is -0.186. The van der Waals surface area contributed by atoms with E-state index in [0.717, 1.165) is 25.2 Å². The van der Waals surface area contributed by atoms with Crippen molar-refractivity contribution < 1.29 is 19.4 Å². The van der Waals surface area contributed by atoms with Crippen molar-refractivity contribution >= 4 is 11.9 Å². The Hall–Kier alpha value is -1.06. The van der Waals surface area contributed by atoms with Crippen molar-refractivity contribution in [1.29, 1.82) is 0 Å². The van der Waals surface area contributed by atoms with Crippen LogP contribution in [0.15, 0.2) is 0 Å². The lowest BCUT2D eigenvalue weighted by Crippen LogP contribution is -2.49. The van der Waals surface area contributed by atoms with Gasteiger partial charge in [0.2, 0.25) is 0 Å². The molecule has 0 aliphatic heterocycles. The molecular formula is C18H28O4. The highest BCUT2D eigenvalue weighted by molar-refractivity contribution is 5.99. The molecule has 0 radical (unpaired) electrons. The molecule has 4 fully saturated rings. The SMILES string of the molecule is CC(C)(OC(=O)C1(C(=O)O)CCCC1)C1CC2CCC1CC2. The van der Waals surface area contributed by atoms with Crippen LogP contribution in [-0.2, 0) is 14.3 Å². The number of carbonyl (C=O) groups is 2. The molecule has 124 valence electrons. The molecule has 0 aromatic carbocycles. The largest absolute Gasteiger partial charge is 0.480 e. The van der Waals surface area contributed by atoms with Gasteiger partial charge in [0.1, 0.15) is 5.60 Å². The van der Waals surface area contributed by atoms with E-state index >= 15 is 0 Å². The maximum absolute atomic E-state index is 12.7. The Labute approximate surface area is 132 Å². The summed E-state index contributed by atoms with van der Waals surface area (Å²) < 4.78 is 5.86. The summed E-state index contributed by atoms with van der Waals surface area (Å²) in [5.74, 6) is 0.293. The quantitative estimate of drug-likeness (QED) is 0.634. The molecule has 0 spiro atoms. The van der Waals surface area contributed by atoms with Crippen LogP contribution in [0.5, 0.6) is 0 Å². The molecule has 4 saturated carbocycles. The minimum absolute atomic E-state index is 0.385. The number of hydrogen-bond donors (Lipinski definition) is 1. The van der Waals surface area contributed by atoms with Crippen LogP contribution in [0.2, 0.25) is 0 Å². The number of rotatable bonds is 4. The van der Waals surface area contributed by atoms with Crippen molar-refractivity contribution in [1.82, 2.24) is 0 Å². The van der Waals surface area contributed by atoms with Crippen LogP contribution in [0, 0.1) is 23.2 Å². The molecule has 1 atom stereocenters. The highest BCUT2D eigenvalue weighted by Crippen LogP contribution is 2.50. The predicted octanol–water partition coefficient (Wildman–Crippen LogP) is 3.78. The highest BCUT2D eigenvalue weighted by Gasteiger charge is 2.53. The van der Waals surface area contributed by atoms with E-state index < -0.39 is 23.0 Å². The maximum atomic E-state index is 12.7. The van der Waals surface area contributed by atoms with Crippen LogP contribution in [0.4, 0.5) is 0 Å². The molecule has 4 nitrogen and oxygen atoms in total. The second-order valence-electron chi connectivity index (χ2n) is 8.21. The van der Waals surface area contributed by atoms with Gasteiger partial charge in [-0.25, -0.2) is 0 Å². The smallest absolute Gasteiger partial charge is 0.324 e. The Morgan fingerprint density at radius 2 is 1.68 bits per heavy atom. The number of esters is 1. The van der Waals surface area contributed by atoms with Crippen molar-refractivity contribution in [2.45, 2.75) is 77.2 Å². The average Bonchev–Trinajstić information content (AvgIpc) is 2.99. The first kappa shape index (κ1) is 15.8. The van der Waals surface area contributed by atoms with Crippen molar-refractivity contribution in [3.63, 3.8) is 0 Å². The predicted molar refractivity (Wildman–Crippen MR) is 82.3 cm³/mol. The van der Waals surface area contributed by atoms with Gasteiger partial charge in [-0.3, -0.25) is 9.59 Å². The van der Waals surface area contributed by atoms with E-state index in [-0.39, 0.29) is 0 Å². The molecule has 0 aromatic rings. The molecule has 0 amide bonds. The van der Waals surface area contributed by atoms with Crippen molar-refractivity contribution in [2.24, 2.45) is 23.2 Å². The second kappa shape index (κ2) is 5.54. The van der Waals surface area contributed by atoms with Gasteiger partial charge in [0, 0.05) is 5.92 Å². The summed E-state index contributed by atoms with van der Waals surface area (Å²) in [6.07, 6.45) is 8.67. The number of hydrogen-bond acceptors (Lipinski definition) is 3. The van der Waals surface area contributed by atoms with Crippen LogP contribution in [0.3, 0.4) is 0 Å². The van der Waals surface area contributed by atoms with Crippen LogP contribution in [0.1, 0.15) is 71.6 Å². The van der Waals surface area contributed by atoms with Gasteiger partial charge in [-0.2, -0.15) is 0 Å². The maximum Gasteiger partial charge on any atom is 0.324 e. The average molecular weight is 308 g/mol. The fourth-order valence-corrected chi connectivity index (χ4v) is 5.13. The normalized spacial score (nSPS) is 33.6. The van der Waals surface area contributed by atoms with Gasteiger partial charge in [-0.05, 0) is 57.8 Å². The monoisotopic (exact) mass is 308 g/mol. The number of carbonyl (C=O) groups excluding carboxylic acids is 1. The summed E-state index contributed by atoms with van der Waals surface area (Å²) in [5.41, 5.74) is -1.84. The lowest BCUT2D eigenvalue weighted by Gasteiger charge is -2.49. The zero-order chi connectivity index (χ0) is 16.0. The Balaban J connectivity index is 1.73. The summed E-state index contributed by atoms with van der Waals surface area (Å²) in [6, 6.07) is 0. The molecule has 2 bridgehead atoms. The summed E-state index contributed by atoms with van der Waals surface area (Å²) in [4.78, 5) is 24.3. The molecule has 22 heavy (non-hydrogen) atoms. The Morgan fingerprint density at radius 3 is 2.14 bits per heavy atom. The molecule has 1 unspecified atom stereocenters. The van der Waals surface area contributed by atoms with E-state index in [1.807, 2.05) is 13.8 Å². The van der Waals surface area contributed by atoms with Gasteiger partial charge in [0.15, 0.2) is 5.41 Å². The molecule has 4 heteroatoms. The van der Waals surface area contributed by atoms with Crippen molar-refractivity contribution in [2.75, 3.05) is 0 Å². The number of carboxylic acids is 1. The first-order valence-electron chi connectivity index (χ1n) is 8.82. The molecule has 0 heterocycles. The Morgan fingerprint density at radius 1 is 1.09 bits per heavy atom.